The number of nitrogens with zero attached hydrogens (tertiary/aromatic N) is 4. The van der Waals surface area contributed by atoms with Crippen molar-refractivity contribution >= 4 is 24.0 Å². The SMILES string of the molecule is CC1Cc2ccccc2N1C(=O)CN1CCNCC1c1nccn1C.Cl. The Kier molecular flexibility index (Phi) is 5.65. The number of carbonyl (C=O) groups is 1. The topological polar surface area (TPSA) is 53.4 Å². The molecule has 0 bridgehead atoms. The van der Waals surface area contributed by atoms with Crippen LogP contribution < -0.4 is 10.2 Å². The van der Waals surface area contributed by atoms with Gasteiger partial charge < -0.3 is 14.8 Å². The third-order valence-electron chi connectivity index (χ3n) is 5.33. The summed E-state index contributed by atoms with van der Waals surface area (Å²) >= 11 is 0. The smallest absolute Gasteiger partial charge is 0.241 e. The molecule has 2 atom stereocenters. The van der Waals surface area contributed by atoms with E-state index in [1.807, 2.05) is 41.0 Å². The van der Waals surface area contributed by atoms with Crippen LogP contribution in [0.3, 0.4) is 0 Å². The maximum Gasteiger partial charge on any atom is 0.241 e. The van der Waals surface area contributed by atoms with E-state index in [4.69, 9.17) is 0 Å². The van der Waals surface area contributed by atoms with E-state index in [1.54, 1.807) is 0 Å². The molecule has 4 rings (SSSR count). The number of rotatable bonds is 3. The average molecular weight is 376 g/mol. The van der Waals surface area contributed by atoms with Crippen LogP contribution >= 0.6 is 12.4 Å². The first-order valence-electron chi connectivity index (χ1n) is 8.97. The summed E-state index contributed by atoms with van der Waals surface area (Å²) in [6.07, 6.45) is 4.72. The molecule has 3 heterocycles. The Morgan fingerprint density at radius 1 is 1.35 bits per heavy atom. The van der Waals surface area contributed by atoms with Crippen LogP contribution in [-0.2, 0) is 18.3 Å². The Balaban J connectivity index is 0.00000196. The second kappa shape index (κ2) is 7.78. The number of nitrogens with one attached hydrogen (secondary N) is 1. The number of carbonyl (C=O) groups excluding carboxylic acids is 1. The van der Waals surface area contributed by atoms with Crippen molar-refractivity contribution in [3.05, 3.63) is 48.0 Å². The molecule has 1 aromatic carbocycles. The molecule has 0 aliphatic carbocycles. The molecule has 1 amide bonds. The quantitative estimate of drug-likeness (QED) is 0.888. The second-order valence-corrected chi connectivity index (χ2v) is 7.03. The summed E-state index contributed by atoms with van der Waals surface area (Å²) in [5.41, 5.74) is 2.34. The number of aromatic nitrogens is 2. The number of para-hydroxylation sites is 1. The van der Waals surface area contributed by atoms with Gasteiger partial charge in [-0.25, -0.2) is 4.98 Å². The second-order valence-electron chi connectivity index (χ2n) is 7.03. The van der Waals surface area contributed by atoms with Crippen molar-refractivity contribution in [3.8, 4) is 0 Å². The van der Waals surface area contributed by atoms with Gasteiger partial charge in [0, 0.05) is 50.8 Å². The summed E-state index contributed by atoms with van der Waals surface area (Å²) in [5, 5.41) is 3.43. The van der Waals surface area contributed by atoms with Crippen molar-refractivity contribution in [2.75, 3.05) is 31.1 Å². The van der Waals surface area contributed by atoms with Gasteiger partial charge in [-0.05, 0) is 25.0 Å². The lowest BCUT2D eigenvalue weighted by molar-refractivity contribution is -0.120. The maximum atomic E-state index is 13.1. The molecular formula is C19H26ClN5O. The first-order valence-corrected chi connectivity index (χ1v) is 8.97. The van der Waals surface area contributed by atoms with Crippen LogP contribution in [-0.4, -0.2) is 52.6 Å². The molecule has 1 N–H and O–H groups in total. The first kappa shape index (κ1) is 18.9. The minimum absolute atomic E-state index is 0. The van der Waals surface area contributed by atoms with Crippen LogP contribution in [0.4, 0.5) is 5.69 Å². The lowest BCUT2D eigenvalue weighted by Crippen LogP contribution is -2.51. The highest BCUT2D eigenvalue weighted by molar-refractivity contribution is 5.97. The van der Waals surface area contributed by atoms with E-state index in [1.165, 1.54) is 5.56 Å². The van der Waals surface area contributed by atoms with Gasteiger partial charge in [0.1, 0.15) is 5.82 Å². The van der Waals surface area contributed by atoms with E-state index in [0.717, 1.165) is 37.6 Å². The summed E-state index contributed by atoms with van der Waals surface area (Å²) < 4.78 is 2.04. The molecule has 1 saturated heterocycles. The van der Waals surface area contributed by atoms with Gasteiger partial charge in [0.15, 0.2) is 0 Å². The number of imidazole rings is 1. The number of hydrogen-bond acceptors (Lipinski definition) is 4. The molecular weight excluding hydrogens is 350 g/mol. The van der Waals surface area contributed by atoms with E-state index in [2.05, 4.69) is 34.3 Å². The van der Waals surface area contributed by atoms with Gasteiger partial charge in [0.25, 0.3) is 0 Å². The number of halogens is 1. The van der Waals surface area contributed by atoms with Gasteiger partial charge in [-0.3, -0.25) is 9.69 Å². The van der Waals surface area contributed by atoms with Gasteiger partial charge in [-0.1, -0.05) is 18.2 Å². The van der Waals surface area contributed by atoms with Crippen LogP contribution in [0.2, 0.25) is 0 Å². The third-order valence-corrected chi connectivity index (χ3v) is 5.33. The molecule has 7 heteroatoms. The van der Waals surface area contributed by atoms with Crippen LogP contribution in [0, 0.1) is 0 Å². The highest BCUT2D eigenvalue weighted by atomic mass is 35.5. The van der Waals surface area contributed by atoms with Gasteiger partial charge >= 0.3 is 0 Å². The molecule has 1 fully saturated rings. The molecule has 2 aromatic rings. The fourth-order valence-electron chi connectivity index (χ4n) is 4.08. The van der Waals surface area contributed by atoms with Gasteiger partial charge in [-0.2, -0.15) is 0 Å². The average Bonchev–Trinajstić information content (AvgIpc) is 3.17. The zero-order valence-corrected chi connectivity index (χ0v) is 16.1. The van der Waals surface area contributed by atoms with Crippen LogP contribution in [0.15, 0.2) is 36.7 Å². The highest BCUT2D eigenvalue weighted by Crippen LogP contribution is 2.32. The van der Waals surface area contributed by atoms with Crippen molar-refractivity contribution in [1.82, 2.24) is 19.8 Å². The zero-order valence-electron chi connectivity index (χ0n) is 15.3. The van der Waals surface area contributed by atoms with Crippen molar-refractivity contribution in [2.24, 2.45) is 7.05 Å². The highest BCUT2D eigenvalue weighted by Gasteiger charge is 2.34. The summed E-state index contributed by atoms with van der Waals surface area (Å²) in [5.74, 6) is 1.19. The normalized spacial score (nSPS) is 22.8. The predicted octanol–water partition coefficient (Wildman–Crippen LogP) is 1.77. The van der Waals surface area contributed by atoms with Crippen LogP contribution in [0.5, 0.6) is 0 Å². The minimum atomic E-state index is 0. The van der Waals surface area contributed by atoms with Crippen molar-refractivity contribution in [2.45, 2.75) is 25.4 Å². The minimum Gasteiger partial charge on any atom is -0.337 e. The molecule has 6 nitrogen and oxygen atoms in total. The van der Waals surface area contributed by atoms with E-state index in [0.29, 0.717) is 6.54 Å². The Morgan fingerprint density at radius 3 is 2.92 bits per heavy atom. The summed E-state index contributed by atoms with van der Waals surface area (Å²) in [6, 6.07) is 8.60. The van der Waals surface area contributed by atoms with E-state index < -0.39 is 0 Å². The van der Waals surface area contributed by atoms with Crippen LogP contribution in [0.25, 0.3) is 0 Å². The monoisotopic (exact) mass is 375 g/mol. The lowest BCUT2D eigenvalue weighted by Gasteiger charge is -2.36. The number of fused-ring (bicyclic) bond motifs is 1. The molecule has 0 spiro atoms. The summed E-state index contributed by atoms with van der Waals surface area (Å²) in [7, 11) is 2.01. The van der Waals surface area contributed by atoms with Gasteiger partial charge in [0.05, 0.1) is 12.6 Å². The lowest BCUT2D eigenvalue weighted by atomic mass is 10.1. The van der Waals surface area contributed by atoms with E-state index >= 15 is 0 Å². The van der Waals surface area contributed by atoms with Crippen LogP contribution in [0.1, 0.15) is 24.4 Å². The summed E-state index contributed by atoms with van der Waals surface area (Å²) in [6.45, 7) is 5.14. The fraction of sp³-hybridized carbons (Fsp3) is 0.474. The van der Waals surface area contributed by atoms with Crippen molar-refractivity contribution < 1.29 is 4.79 Å². The molecule has 0 saturated carbocycles. The van der Waals surface area contributed by atoms with Gasteiger partial charge in [-0.15, -0.1) is 12.4 Å². The van der Waals surface area contributed by atoms with Crippen molar-refractivity contribution in [1.29, 1.82) is 0 Å². The van der Waals surface area contributed by atoms with Crippen molar-refractivity contribution in [3.63, 3.8) is 0 Å². The third kappa shape index (κ3) is 3.37. The molecule has 2 aliphatic heterocycles. The fourth-order valence-corrected chi connectivity index (χ4v) is 4.08. The maximum absolute atomic E-state index is 13.1. The molecule has 2 unspecified atom stereocenters. The zero-order chi connectivity index (χ0) is 17.4. The van der Waals surface area contributed by atoms with E-state index in [-0.39, 0.29) is 30.4 Å². The Morgan fingerprint density at radius 2 is 2.15 bits per heavy atom. The predicted molar refractivity (Wildman–Crippen MR) is 105 cm³/mol. The molecule has 0 radical (unpaired) electrons. The molecule has 140 valence electrons. The first-order chi connectivity index (χ1) is 12.1. The molecule has 2 aliphatic rings. The number of benzene rings is 1. The number of anilines is 1. The largest absolute Gasteiger partial charge is 0.337 e. The number of aryl methyl sites for hydroxylation is 1. The number of hydrogen-bond donors (Lipinski definition) is 1. The van der Waals surface area contributed by atoms with E-state index in [9.17, 15) is 4.79 Å². The Labute approximate surface area is 160 Å². The standard InChI is InChI=1S/C19H25N5O.ClH/c1-14-11-15-5-3-4-6-16(15)24(14)18(25)13-23-10-7-20-12-17(23)19-21-8-9-22(19)2;/h3-6,8-9,14,17,20H,7,10-13H2,1-2H3;1H. The Bertz CT molecular complexity index is 777. The summed E-state index contributed by atoms with van der Waals surface area (Å²) in [4.78, 5) is 21.9. The number of amides is 1. The molecule has 26 heavy (non-hydrogen) atoms. The van der Waals surface area contributed by atoms with Gasteiger partial charge in [0.2, 0.25) is 5.91 Å². The Hall–Kier alpha value is -1.89. The number of piperazine rings is 1. The molecule has 1 aromatic heterocycles.